The summed E-state index contributed by atoms with van der Waals surface area (Å²) in [6.07, 6.45) is 0. The molecule has 1 heterocycles. The Labute approximate surface area is 154 Å². The van der Waals surface area contributed by atoms with Gasteiger partial charge >= 0.3 is 6.03 Å². The lowest BCUT2D eigenvalue weighted by atomic mass is 10.2. The van der Waals surface area contributed by atoms with Crippen LogP contribution in [0.2, 0.25) is 0 Å². The second-order valence-electron chi connectivity index (χ2n) is 5.98. The van der Waals surface area contributed by atoms with Gasteiger partial charge in [-0.25, -0.2) is 4.79 Å². The van der Waals surface area contributed by atoms with Gasteiger partial charge in [0.05, 0.1) is 9.85 Å². The van der Waals surface area contributed by atoms with Gasteiger partial charge in [0.15, 0.2) is 0 Å². The van der Waals surface area contributed by atoms with E-state index in [0.717, 1.165) is 5.69 Å². The molecule has 10 heteroatoms. The maximum Gasteiger partial charge on any atom is 0.321 e. The average Bonchev–Trinajstić information content (AvgIpc) is 2.68. The van der Waals surface area contributed by atoms with Crippen molar-refractivity contribution in [1.82, 2.24) is 4.90 Å². The molecule has 2 aromatic rings. The number of hydrogen-bond donors (Lipinski definition) is 1. The number of nitro benzene ring substituents is 2. The number of carbonyl (C=O) groups is 1. The van der Waals surface area contributed by atoms with Crippen molar-refractivity contribution in [2.24, 2.45) is 0 Å². The first-order valence-electron chi connectivity index (χ1n) is 8.24. The largest absolute Gasteiger partial charge is 0.368 e. The van der Waals surface area contributed by atoms with Gasteiger partial charge in [-0.1, -0.05) is 0 Å². The lowest BCUT2D eigenvalue weighted by Crippen LogP contribution is -2.50. The summed E-state index contributed by atoms with van der Waals surface area (Å²) >= 11 is 0. The van der Waals surface area contributed by atoms with Gasteiger partial charge in [-0.3, -0.25) is 20.2 Å². The molecule has 0 aliphatic carbocycles. The summed E-state index contributed by atoms with van der Waals surface area (Å²) in [5.74, 6) is 0. The highest BCUT2D eigenvalue weighted by molar-refractivity contribution is 5.89. The number of nitrogens with one attached hydrogen (secondary N) is 1. The van der Waals surface area contributed by atoms with E-state index in [1.165, 1.54) is 36.4 Å². The molecule has 3 rings (SSSR count). The molecule has 2 amide bonds. The lowest BCUT2D eigenvalue weighted by molar-refractivity contribution is -0.385. The van der Waals surface area contributed by atoms with Crippen LogP contribution in [-0.2, 0) is 0 Å². The molecular weight excluding hydrogens is 354 g/mol. The van der Waals surface area contributed by atoms with Gasteiger partial charge in [0.25, 0.3) is 11.4 Å². The minimum absolute atomic E-state index is 0.0373. The molecule has 1 fully saturated rings. The number of nitrogens with zero attached hydrogens (tertiary/aromatic N) is 4. The summed E-state index contributed by atoms with van der Waals surface area (Å²) in [6, 6.07) is 11.7. The average molecular weight is 371 g/mol. The predicted molar refractivity (Wildman–Crippen MR) is 99.0 cm³/mol. The Bertz CT molecular complexity index is 845. The monoisotopic (exact) mass is 371 g/mol. The Morgan fingerprint density at radius 1 is 0.815 bits per heavy atom. The van der Waals surface area contributed by atoms with Crippen molar-refractivity contribution in [3.63, 3.8) is 0 Å². The highest BCUT2D eigenvalue weighted by Crippen LogP contribution is 2.21. The van der Waals surface area contributed by atoms with Crippen LogP contribution in [0.1, 0.15) is 0 Å². The number of piperazine rings is 1. The van der Waals surface area contributed by atoms with Crippen LogP contribution in [-0.4, -0.2) is 47.0 Å². The van der Waals surface area contributed by atoms with Crippen molar-refractivity contribution in [1.29, 1.82) is 0 Å². The molecule has 0 spiro atoms. The Morgan fingerprint density at radius 2 is 1.30 bits per heavy atom. The van der Waals surface area contributed by atoms with Crippen LogP contribution < -0.4 is 10.2 Å². The molecular formula is C17H17N5O5. The summed E-state index contributed by atoms with van der Waals surface area (Å²) in [5.41, 5.74) is 1.36. The van der Waals surface area contributed by atoms with E-state index in [-0.39, 0.29) is 17.4 Å². The molecule has 1 aliphatic rings. The maximum atomic E-state index is 12.3. The van der Waals surface area contributed by atoms with E-state index < -0.39 is 9.85 Å². The smallest absolute Gasteiger partial charge is 0.321 e. The van der Waals surface area contributed by atoms with Crippen LogP contribution in [0.4, 0.5) is 27.5 Å². The summed E-state index contributed by atoms with van der Waals surface area (Å²) in [4.78, 5) is 36.5. The minimum Gasteiger partial charge on any atom is -0.368 e. The van der Waals surface area contributed by atoms with Gasteiger partial charge in [-0.05, 0) is 24.3 Å². The summed E-state index contributed by atoms with van der Waals surface area (Å²) in [7, 11) is 0. The Kier molecular flexibility index (Phi) is 5.15. The molecule has 10 nitrogen and oxygen atoms in total. The van der Waals surface area contributed by atoms with Gasteiger partial charge in [0.1, 0.15) is 0 Å². The number of benzene rings is 2. The minimum atomic E-state index is -0.497. The summed E-state index contributed by atoms with van der Waals surface area (Å²) in [5, 5.41) is 24.1. The number of rotatable bonds is 4. The molecule has 1 N–H and O–H groups in total. The number of amides is 2. The number of non-ortho nitro benzene ring substituents is 2. The molecule has 140 valence electrons. The molecule has 0 bridgehead atoms. The van der Waals surface area contributed by atoms with Crippen LogP contribution in [0.25, 0.3) is 0 Å². The quantitative estimate of drug-likeness (QED) is 0.651. The first-order chi connectivity index (χ1) is 12.9. The highest BCUT2D eigenvalue weighted by atomic mass is 16.6. The van der Waals surface area contributed by atoms with Crippen molar-refractivity contribution < 1.29 is 14.6 Å². The Balaban J connectivity index is 1.54. The number of anilines is 2. The van der Waals surface area contributed by atoms with Crippen molar-refractivity contribution in [3.8, 4) is 0 Å². The third-order valence-corrected chi connectivity index (χ3v) is 4.32. The van der Waals surface area contributed by atoms with E-state index in [4.69, 9.17) is 0 Å². The number of nitro groups is 2. The van der Waals surface area contributed by atoms with Crippen LogP contribution in [0.5, 0.6) is 0 Å². The first kappa shape index (κ1) is 18.1. The van der Waals surface area contributed by atoms with E-state index in [0.29, 0.717) is 31.9 Å². The van der Waals surface area contributed by atoms with Crippen LogP contribution >= 0.6 is 0 Å². The van der Waals surface area contributed by atoms with E-state index >= 15 is 0 Å². The second-order valence-corrected chi connectivity index (χ2v) is 5.98. The summed E-state index contributed by atoms with van der Waals surface area (Å²) < 4.78 is 0. The number of carbonyl (C=O) groups excluding carboxylic acids is 1. The maximum absolute atomic E-state index is 12.3. The standard InChI is InChI=1S/C17H17N5O5/c23-17(18-13-1-3-15(4-2-13)21(24)25)20-11-9-19(10-12-20)14-5-7-16(8-6-14)22(26)27/h1-8H,9-12H2,(H,18,23). The molecule has 0 aromatic heterocycles. The summed E-state index contributed by atoms with van der Waals surface area (Å²) in [6.45, 7) is 2.20. The normalized spacial score (nSPS) is 13.9. The number of urea groups is 1. The van der Waals surface area contributed by atoms with Crippen molar-refractivity contribution in [3.05, 3.63) is 68.8 Å². The molecule has 0 atom stereocenters. The van der Waals surface area contributed by atoms with E-state index in [1.807, 2.05) is 0 Å². The van der Waals surface area contributed by atoms with Gasteiger partial charge < -0.3 is 15.1 Å². The van der Waals surface area contributed by atoms with Crippen molar-refractivity contribution >= 4 is 28.8 Å². The van der Waals surface area contributed by atoms with Crippen molar-refractivity contribution in [2.45, 2.75) is 0 Å². The zero-order valence-corrected chi connectivity index (χ0v) is 14.3. The van der Waals surface area contributed by atoms with Crippen LogP contribution in [0, 0.1) is 20.2 Å². The van der Waals surface area contributed by atoms with Gasteiger partial charge in [-0.2, -0.15) is 0 Å². The molecule has 1 aliphatic heterocycles. The van der Waals surface area contributed by atoms with Crippen LogP contribution in [0.15, 0.2) is 48.5 Å². The molecule has 27 heavy (non-hydrogen) atoms. The molecule has 0 radical (unpaired) electrons. The fourth-order valence-corrected chi connectivity index (χ4v) is 2.82. The Morgan fingerprint density at radius 3 is 1.78 bits per heavy atom. The zero-order chi connectivity index (χ0) is 19.4. The van der Waals surface area contributed by atoms with E-state index in [1.54, 1.807) is 17.0 Å². The van der Waals surface area contributed by atoms with Crippen molar-refractivity contribution in [2.75, 3.05) is 36.4 Å². The molecule has 2 aromatic carbocycles. The first-order valence-corrected chi connectivity index (χ1v) is 8.24. The van der Waals surface area contributed by atoms with Gasteiger partial charge in [0.2, 0.25) is 0 Å². The lowest BCUT2D eigenvalue weighted by Gasteiger charge is -2.36. The highest BCUT2D eigenvalue weighted by Gasteiger charge is 2.22. The topological polar surface area (TPSA) is 122 Å². The fraction of sp³-hybridized carbons (Fsp3) is 0.235. The predicted octanol–water partition coefficient (Wildman–Crippen LogP) is 2.86. The van der Waals surface area contributed by atoms with Crippen LogP contribution in [0.3, 0.4) is 0 Å². The number of hydrogen-bond acceptors (Lipinski definition) is 6. The third-order valence-electron chi connectivity index (χ3n) is 4.32. The van der Waals surface area contributed by atoms with E-state index in [9.17, 15) is 25.0 Å². The SMILES string of the molecule is O=C(Nc1ccc([N+](=O)[O-])cc1)N1CCN(c2ccc([N+](=O)[O-])cc2)CC1. The fourth-order valence-electron chi connectivity index (χ4n) is 2.82. The molecule has 0 saturated carbocycles. The third kappa shape index (κ3) is 4.29. The molecule has 1 saturated heterocycles. The van der Waals surface area contributed by atoms with Gasteiger partial charge in [0, 0.05) is 61.8 Å². The van der Waals surface area contributed by atoms with E-state index in [2.05, 4.69) is 10.2 Å². The Hall–Kier alpha value is -3.69. The van der Waals surface area contributed by atoms with Gasteiger partial charge in [-0.15, -0.1) is 0 Å². The second kappa shape index (κ2) is 7.68. The zero-order valence-electron chi connectivity index (χ0n) is 14.3. The molecule has 0 unspecified atom stereocenters.